The molecule has 3 rings (SSSR count). The highest BCUT2D eigenvalue weighted by Crippen LogP contribution is 2.27. The topological polar surface area (TPSA) is 84.5 Å². The Hall–Kier alpha value is -3.11. The molecule has 0 bridgehead atoms. The van der Waals surface area contributed by atoms with Crippen LogP contribution in [0.5, 0.6) is 0 Å². The van der Waals surface area contributed by atoms with E-state index < -0.39 is 16.8 Å². The first-order valence-corrected chi connectivity index (χ1v) is 8.12. The van der Waals surface area contributed by atoms with E-state index in [1.165, 1.54) is 12.1 Å². The minimum Gasteiger partial charge on any atom is -0.368 e. The maximum atomic E-state index is 12.6. The SMILES string of the molecule is O=C(Cn1ccc(C(F)(F)F)n1)N1CCN(c2ccc([N+](=O)[O-])cc2)CC1. The fourth-order valence-corrected chi connectivity index (χ4v) is 2.84. The Labute approximate surface area is 151 Å². The van der Waals surface area contributed by atoms with Crippen LogP contribution in [0.1, 0.15) is 5.69 Å². The predicted octanol–water partition coefficient (Wildman–Crippen LogP) is 2.16. The van der Waals surface area contributed by atoms with Crippen molar-refractivity contribution in [1.29, 1.82) is 0 Å². The monoisotopic (exact) mass is 383 g/mol. The smallest absolute Gasteiger partial charge is 0.368 e. The number of anilines is 1. The van der Waals surface area contributed by atoms with Crippen molar-refractivity contribution in [2.75, 3.05) is 31.1 Å². The molecule has 27 heavy (non-hydrogen) atoms. The summed E-state index contributed by atoms with van der Waals surface area (Å²) in [6, 6.07) is 6.97. The van der Waals surface area contributed by atoms with Crippen LogP contribution in [0.25, 0.3) is 0 Å². The van der Waals surface area contributed by atoms with Crippen molar-refractivity contribution in [1.82, 2.24) is 14.7 Å². The van der Waals surface area contributed by atoms with Crippen LogP contribution in [-0.2, 0) is 17.5 Å². The van der Waals surface area contributed by atoms with Gasteiger partial charge in [-0.2, -0.15) is 18.3 Å². The van der Waals surface area contributed by atoms with Gasteiger partial charge in [-0.1, -0.05) is 0 Å². The van der Waals surface area contributed by atoms with Crippen LogP contribution in [-0.4, -0.2) is 51.7 Å². The molecule has 144 valence electrons. The number of rotatable bonds is 4. The van der Waals surface area contributed by atoms with Crippen LogP contribution in [0.2, 0.25) is 0 Å². The van der Waals surface area contributed by atoms with Gasteiger partial charge in [-0.3, -0.25) is 19.6 Å². The number of carbonyl (C=O) groups excluding carboxylic acids is 1. The lowest BCUT2D eigenvalue weighted by molar-refractivity contribution is -0.384. The highest BCUT2D eigenvalue weighted by molar-refractivity contribution is 5.76. The summed E-state index contributed by atoms with van der Waals surface area (Å²) >= 11 is 0. The zero-order valence-electron chi connectivity index (χ0n) is 14.1. The van der Waals surface area contributed by atoms with E-state index >= 15 is 0 Å². The Morgan fingerprint density at radius 1 is 1.11 bits per heavy atom. The molecule has 0 radical (unpaired) electrons. The Kier molecular flexibility index (Phi) is 5.02. The molecule has 8 nitrogen and oxygen atoms in total. The summed E-state index contributed by atoms with van der Waals surface area (Å²) in [5.74, 6) is -0.310. The average molecular weight is 383 g/mol. The van der Waals surface area contributed by atoms with Crippen molar-refractivity contribution in [2.24, 2.45) is 0 Å². The van der Waals surface area contributed by atoms with Crippen LogP contribution < -0.4 is 4.90 Å². The number of nitro groups is 1. The van der Waals surface area contributed by atoms with Gasteiger partial charge in [0.1, 0.15) is 6.54 Å². The molecule has 0 unspecified atom stereocenters. The lowest BCUT2D eigenvalue weighted by Crippen LogP contribution is -2.49. The lowest BCUT2D eigenvalue weighted by Gasteiger charge is -2.36. The first kappa shape index (κ1) is 18.7. The number of nitro benzene ring substituents is 1. The number of hydrogen-bond acceptors (Lipinski definition) is 5. The van der Waals surface area contributed by atoms with E-state index in [9.17, 15) is 28.1 Å². The normalized spacial score (nSPS) is 15.1. The van der Waals surface area contributed by atoms with Gasteiger partial charge in [0, 0.05) is 50.2 Å². The Bertz CT molecular complexity index is 827. The molecule has 1 aromatic carbocycles. The van der Waals surface area contributed by atoms with Crippen LogP contribution in [0.3, 0.4) is 0 Å². The second kappa shape index (κ2) is 7.25. The van der Waals surface area contributed by atoms with Crippen LogP contribution in [0.4, 0.5) is 24.5 Å². The van der Waals surface area contributed by atoms with Gasteiger partial charge >= 0.3 is 6.18 Å². The van der Waals surface area contributed by atoms with Gasteiger partial charge in [0.25, 0.3) is 5.69 Å². The molecular weight excluding hydrogens is 367 g/mol. The highest BCUT2D eigenvalue weighted by Gasteiger charge is 2.33. The average Bonchev–Trinajstić information content (AvgIpc) is 3.11. The van der Waals surface area contributed by atoms with E-state index in [2.05, 4.69) is 5.10 Å². The number of carbonyl (C=O) groups is 1. The Morgan fingerprint density at radius 2 is 1.74 bits per heavy atom. The van der Waals surface area contributed by atoms with E-state index in [4.69, 9.17) is 0 Å². The molecule has 1 aliphatic rings. The second-order valence-corrected chi connectivity index (χ2v) is 6.04. The summed E-state index contributed by atoms with van der Waals surface area (Å²) in [6.07, 6.45) is -3.40. The summed E-state index contributed by atoms with van der Waals surface area (Å²) in [5, 5.41) is 14.1. The van der Waals surface area contributed by atoms with E-state index in [-0.39, 0.29) is 18.1 Å². The molecular formula is C16H16F3N5O3. The number of piperazine rings is 1. The van der Waals surface area contributed by atoms with Crippen molar-refractivity contribution >= 4 is 17.3 Å². The third-order valence-electron chi connectivity index (χ3n) is 4.29. The second-order valence-electron chi connectivity index (χ2n) is 6.04. The van der Waals surface area contributed by atoms with Gasteiger partial charge in [-0.15, -0.1) is 0 Å². The Balaban J connectivity index is 1.54. The molecule has 1 aliphatic heterocycles. The molecule has 1 aromatic heterocycles. The number of halogens is 3. The van der Waals surface area contributed by atoms with Crippen molar-refractivity contribution in [2.45, 2.75) is 12.7 Å². The number of benzene rings is 1. The van der Waals surface area contributed by atoms with Gasteiger partial charge < -0.3 is 9.80 Å². The lowest BCUT2D eigenvalue weighted by atomic mass is 10.2. The summed E-state index contributed by atoms with van der Waals surface area (Å²) in [4.78, 5) is 26.1. The third-order valence-corrected chi connectivity index (χ3v) is 4.29. The van der Waals surface area contributed by atoms with E-state index in [0.29, 0.717) is 26.2 Å². The third kappa shape index (κ3) is 4.36. The predicted molar refractivity (Wildman–Crippen MR) is 89.1 cm³/mol. The molecule has 0 saturated carbocycles. The summed E-state index contributed by atoms with van der Waals surface area (Å²) in [6.45, 7) is 1.60. The van der Waals surface area contributed by atoms with E-state index in [0.717, 1.165) is 22.6 Å². The van der Waals surface area contributed by atoms with Crippen LogP contribution in [0.15, 0.2) is 36.5 Å². The number of hydrogen-bond donors (Lipinski definition) is 0. The zero-order chi connectivity index (χ0) is 19.6. The first-order chi connectivity index (χ1) is 12.7. The summed E-state index contributed by atoms with van der Waals surface area (Å²) in [7, 11) is 0. The van der Waals surface area contributed by atoms with Gasteiger partial charge in [0.15, 0.2) is 5.69 Å². The fraction of sp³-hybridized carbons (Fsp3) is 0.375. The van der Waals surface area contributed by atoms with Gasteiger partial charge in [0.05, 0.1) is 4.92 Å². The van der Waals surface area contributed by atoms with Gasteiger partial charge in [-0.05, 0) is 18.2 Å². The molecule has 1 fully saturated rings. The number of alkyl halides is 3. The maximum Gasteiger partial charge on any atom is 0.435 e. The van der Waals surface area contributed by atoms with Crippen molar-refractivity contribution in [3.63, 3.8) is 0 Å². The number of aromatic nitrogens is 2. The molecule has 1 saturated heterocycles. The molecule has 11 heteroatoms. The fourth-order valence-electron chi connectivity index (χ4n) is 2.84. The van der Waals surface area contributed by atoms with Crippen LogP contribution >= 0.6 is 0 Å². The molecule has 1 amide bonds. The molecule has 0 spiro atoms. The van der Waals surface area contributed by atoms with Crippen molar-refractivity contribution in [3.05, 3.63) is 52.3 Å². The van der Waals surface area contributed by atoms with Gasteiger partial charge in [0.2, 0.25) is 5.91 Å². The Morgan fingerprint density at radius 3 is 2.26 bits per heavy atom. The van der Waals surface area contributed by atoms with Crippen LogP contribution in [0, 0.1) is 10.1 Å². The minimum atomic E-state index is -4.54. The molecule has 2 heterocycles. The molecule has 2 aromatic rings. The number of nitrogens with zero attached hydrogens (tertiary/aromatic N) is 5. The standard InChI is InChI=1S/C16H16F3N5O3/c17-16(18,19)14-5-6-23(20-14)11-15(25)22-9-7-21(8-10-22)12-1-3-13(4-2-12)24(26)27/h1-6H,7-11H2. The quantitative estimate of drug-likeness (QED) is 0.597. The summed E-state index contributed by atoms with van der Waals surface area (Å²) in [5.41, 5.74) is -0.210. The minimum absolute atomic E-state index is 0.00464. The van der Waals surface area contributed by atoms with E-state index in [1.807, 2.05) is 4.90 Å². The first-order valence-electron chi connectivity index (χ1n) is 8.12. The molecule has 0 atom stereocenters. The summed E-state index contributed by atoms with van der Waals surface area (Å²) < 4.78 is 38.6. The number of amides is 1. The highest BCUT2D eigenvalue weighted by atomic mass is 19.4. The van der Waals surface area contributed by atoms with E-state index in [1.54, 1.807) is 17.0 Å². The van der Waals surface area contributed by atoms with Crippen molar-refractivity contribution < 1.29 is 22.9 Å². The number of non-ortho nitro benzene ring substituents is 1. The van der Waals surface area contributed by atoms with Gasteiger partial charge in [-0.25, -0.2) is 0 Å². The van der Waals surface area contributed by atoms with Crippen molar-refractivity contribution in [3.8, 4) is 0 Å². The molecule has 0 N–H and O–H groups in total. The maximum absolute atomic E-state index is 12.6. The molecule has 0 aliphatic carbocycles. The largest absolute Gasteiger partial charge is 0.435 e. The zero-order valence-corrected chi connectivity index (χ0v) is 14.1.